The van der Waals surface area contributed by atoms with Crippen LogP contribution in [0.3, 0.4) is 0 Å². The lowest BCUT2D eigenvalue weighted by atomic mass is 9.96. The summed E-state index contributed by atoms with van der Waals surface area (Å²) >= 11 is 0. The summed E-state index contributed by atoms with van der Waals surface area (Å²) in [6, 6.07) is -0.384. The molecule has 0 aromatic carbocycles. The smallest absolute Gasteiger partial charge is 0.248 e. The van der Waals surface area contributed by atoms with Crippen LogP contribution in [0.5, 0.6) is 0 Å². The Morgan fingerprint density at radius 3 is 3.00 bits per heavy atom. The van der Waals surface area contributed by atoms with Crippen LogP contribution in [-0.2, 0) is 6.54 Å². The van der Waals surface area contributed by atoms with E-state index in [1.54, 1.807) is 10.9 Å². The molecular weight excluding hydrogens is 226 g/mol. The van der Waals surface area contributed by atoms with Crippen molar-refractivity contribution in [3.8, 4) is 0 Å². The maximum atomic E-state index is 13.2. The van der Waals surface area contributed by atoms with Crippen molar-refractivity contribution in [3.63, 3.8) is 0 Å². The Morgan fingerprint density at radius 1 is 1.65 bits per heavy atom. The number of halogens is 2. The van der Waals surface area contributed by atoms with Gasteiger partial charge in [-0.15, -0.1) is 5.10 Å². The zero-order chi connectivity index (χ0) is 12.5. The number of nitrogens with two attached hydrogens (primary N) is 1. The Bertz CT molecular complexity index is 377. The van der Waals surface area contributed by atoms with Crippen LogP contribution in [0.2, 0.25) is 0 Å². The predicted octanol–water partition coefficient (Wildman–Crippen LogP) is 2.12. The maximum absolute atomic E-state index is 13.2. The van der Waals surface area contributed by atoms with Crippen LogP contribution in [0.15, 0.2) is 6.20 Å². The van der Waals surface area contributed by atoms with Crippen molar-refractivity contribution in [2.75, 3.05) is 0 Å². The lowest BCUT2D eigenvalue weighted by molar-refractivity contribution is 0.00378. The SMILES string of the molecule is CCCn1nncc1C(N)C1CCC(F)(F)C1. The number of hydrogen-bond acceptors (Lipinski definition) is 3. The van der Waals surface area contributed by atoms with Crippen molar-refractivity contribution in [1.82, 2.24) is 15.0 Å². The van der Waals surface area contributed by atoms with E-state index in [0.717, 1.165) is 18.7 Å². The summed E-state index contributed by atoms with van der Waals surface area (Å²) < 4.78 is 28.0. The van der Waals surface area contributed by atoms with E-state index in [-0.39, 0.29) is 24.8 Å². The fourth-order valence-electron chi connectivity index (χ4n) is 2.44. The van der Waals surface area contributed by atoms with Gasteiger partial charge in [0.05, 0.1) is 17.9 Å². The monoisotopic (exact) mass is 244 g/mol. The fraction of sp³-hybridized carbons (Fsp3) is 0.818. The third-order valence-corrected chi connectivity index (χ3v) is 3.37. The average Bonchev–Trinajstić information content (AvgIpc) is 2.84. The van der Waals surface area contributed by atoms with Gasteiger partial charge >= 0.3 is 0 Å². The summed E-state index contributed by atoms with van der Waals surface area (Å²) in [5.74, 6) is -2.72. The molecule has 0 spiro atoms. The molecule has 1 aliphatic carbocycles. The molecular formula is C11H18F2N4. The van der Waals surface area contributed by atoms with E-state index >= 15 is 0 Å². The molecule has 2 atom stereocenters. The molecule has 1 saturated carbocycles. The third kappa shape index (κ3) is 2.62. The van der Waals surface area contributed by atoms with Crippen molar-refractivity contribution in [2.24, 2.45) is 11.7 Å². The molecule has 96 valence electrons. The van der Waals surface area contributed by atoms with Gasteiger partial charge in [-0.05, 0) is 18.8 Å². The van der Waals surface area contributed by atoms with Crippen molar-refractivity contribution in [3.05, 3.63) is 11.9 Å². The molecule has 1 aromatic heterocycles. The van der Waals surface area contributed by atoms with Crippen molar-refractivity contribution >= 4 is 0 Å². The van der Waals surface area contributed by atoms with Gasteiger partial charge in [0.1, 0.15) is 0 Å². The van der Waals surface area contributed by atoms with Crippen LogP contribution in [0, 0.1) is 5.92 Å². The van der Waals surface area contributed by atoms with Gasteiger partial charge in [0.15, 0.2) is 0 Å². The summed E-state index contributed by atoms with van der Waals surface area (Å²) in [5.41, 5.74) is 6.84. The van der Waals surface area contributed by atoms with Crippen molar-refractivity contribution in [1.29, 1.82) is 0 Å². The summed E-state index contributed by atoms with van der Waals surface area (Å²) in [7, 11) is 0. The Kier molecular flexibility index (Phi) is 3.42. The molecule has 0 amide bonds. The highest BCUT2D eigenvalue weighted by Gasteiger charge is 2.42. The van der Waals surface area contributed by atoms with Crippen molar-refractivity contribution < 1.29 is 8.78 Å². The van der Waals surface area contributed by atoms with Gasteiger partial charge in [-0.2, -0.15) is 0 Å². The summed E-state index contributed by atoms with van der Waals surface area (Å²) in [6.07, 6.45) is 2.82. The first-order valence-electron chi connectivity index (χ1n) is 6.05. The summed E-state index contributed by atoms with van der Waals surface area (Å²) in [5, 5.41) is 7.75. The second-order valence-corrected chi connectivity index (χ2v) is 4.77. The van der Waals surface area contributed by atoms with E-state index in [1.807, 2.05) is 6.92 Å². The van der Waals surface area contributed by atoms with E-state index in [1.165, 1.54) is 0 Å². The molecule has 2 rings (SSSR count). The molecule has 6 heteroatoms. The highest BCUT2D eigenvalue weighted by molar-refractivity contribution is 5.05. The van der Waals surface area contributed by atoms with Gasteiger partial charge in [0, 0.05) is 19.4 Å². The molecule has 0 aliphatic heterocycles. The second-order valence-electron chi connectivity index (χ2n) is 4.77. The van der Waals surface area contributed by atoms with Crippen LogP contribution in [0.25, 0.3) is 0 Å². The maximum Gasteiger partial charge on any atom is 0.248 e. The second kappa shape index (κ2) is 4.68. The first kappa shape index (κ1) is 12.4. The minimum atomic E-state index is -2.55. The van der Waals surface area contributed by atoms with Crippen molar-refractivity contribution in [2.45, 2.75) is 51.1 Å². The molecule has 1 aliphatic rings. The van der Waals surface area contributed by atoms with Crippen LogP contribution >= 0.6 is 0 Å². The first-order chi connectivity index (χ1) is 8.03. The lowest BCUT2D eigenvalue weighted by Crippen LogP contribution is -2.24. The number of nitrogens with zero attached hydrogens (tertiary/aromatic N) is 3. The van der Waals surface area contributed by atoms with E-state index in [9.17, 15) is 8.78 Å². The Balaban J connectivity index is 2.09. The molecule has 17 heavy (non-hydrogen) atoms. The number of alkyl halides is 2. The standard InChI is InChI=1S/C11H18F2N4/c1-2-5-17-9(7-15-16-17)10(14)8-3-4-11(12,13)6-8/h7-8,10H,2-6,14H2,1H3. The van der Waals surface area contributed by atoms with Gasteiger partial charge in [0.25, 0.3) is 0 Å². The highest BCUT2D eigenvalue weighted by Crippen LogP contribution is 2.43. The van der Waals surface area contributed by atoms with E-state index in [4.69, 9.17) is 5.73 Å². The number of aromatic nitrogens is 3. The highest BCUT2D eigenvalue weighted by atomic mass is 19.3. The van der Waals surface area contributed by atoms with E-state index in [0.29, 0.717) is 6.42 Å². The molecule has 0 bridgehead atoms. The quantitative estimate of drug-likeness (QED) is 0.882. The summed E-state index contributed by atoms with van der Waals surface area (Å²) in [6.45, 7) is 2.76. The summed E-state index contributed by atoms with van der Waals surface area (Å²) in [4.78, 5) is 0. The number of rotatable bonds is 4. The lowest BCUT2D eigenvalue weighted by Gasteiger charge is -2.19. The van der Waals surface area contributed by atoms with Gasteiger partial charge in [-0.3, -0.25) is 0 Å². The Morgan fingerprint density at radius 2 is 2.41 bits per heavy atom. The zero-order valence-corrected chi connectivity index (χ0v) is 9.94. The molecule has 0 radical (unpaired) electrons. The van der Waals surface area contributed by atoms with Crippen LogP contribution < -0.4 is 5.73 Å². The fourth-order valence-corrected chi connectivity index (χ4v) is 2.44. The van der Waals surface area contributed by atoms with E-state index in [2.05, 4.69) is 10.3 Å². The molecule has 1 fully saturated rings. The minimum absolute atomic E-state index is 0.0549. The third-order valence-electron chi connectivity index (χ3n) is 3.37. The average molecular weight is 244 g/mol. The molecule has 2 unspecified atom stereocenters. The van der Waals surface area contributed by atoms with Crippen LogP contribution in [-0.4, -0.2) is 20.9 Å². The van der Waals surface area contributed by atoms with Crippen LogP contribution in [0.1, 0.15) is 44.3 Å². The molecule has 2 N–H and O–H groups in total. The Hall–Kier alpha value is -1.04. The zero-order valence-electron chi connectivity index (χ0n) is 9.94. The molecule has 4 nitrogen and oxygen atoms in total. The molecule has 1 heterocycles. The number of hydrogen-bond donors (Lipinski definition) is 1. The Labute approximate surface area is 99.2 Å². The number of aryl methyl sites for hydroxylation is 1. The van der Waals surface area contributed by atoms with Gasteiger partial charge in [0.2, 0.25) is 5.92 Å². The topological polar surface area (TPSA) is 56.7 Å². The minimum Gasteiger partial charge on any atom is -0.322 e. The largest absolute Gasteiger partial charge is 0.322 e. The van der Waals surface area contributed by atoms with Gasteiger partial charge in [-0.25, -0.2) is 13.5 Å². The molecule has 1 aromatic rings. The van der Waals surface area contributed by atoms with E-state index < -0.39 is 5.92 Å². The normalized spacial score (nSPS) is 25.1. The molecule has 0 saturated heterocycles. The van der Waals surface area contributed by atoms with Gasteiger partial charge < -0.3 is 5.73 Å². The predicted molar refractivity (Wildman–Crippen MR) is 59.5 cm³/mol. The van der Waals surface area contributed by atoms with Crippen LogP contribution in [0.4, 0.5) is 8.78 Å². The van der Waals surface area contributed by atoms with Gasteiger partial charge in [-0.1, -0.05) is 12.1 Å². The first-order valence-corrected chi connectivity index (χ1v) is 6.05.